The topological polar surface area (TPSA) is 181 Å². The van der Waals surface area contributed by atoms with E-state index in [1.165, 1.54) is 0 Å². The Kier molecular flexibility index (Phi) is 12.0. The van der Waals surface area contributed by atoms with Gasteiger partial charge in [0.2, 0.25) is 11.8 Å². The highest BCUT2D eigenvalue weighted by molar-refractivity contribution is 6.10. The fourth-order valence-corrected chi connectivity index (χ4v) is 12.1. The summed E-state index contributed by atoms with van der Waals surface area (Å²) in [6, 6.07) is 12.3. The molecule has 0 radical (unpaired) electrons. The second kappa shape index (κ2) is 18.7. The van der Waals surface area contributed by atoms with Crippen LogP contribution in [0.1, 0.15) is 101 Å². The molecule has 364 valence electrons. The van der Waals surface area contributed by atoms with Crippen LogP contribution < -0.4 is 20.4 Å². The van der Waals surface area contributed by atoms with E-state index in [1.807, 2.05) is 49.6 Å². The zero-order valence-corrected chi connectivity index (χ0v) is 39.6. The first kappa shape index (κ1) is 44.8. The first-order valence-corrected chi connectivity index (χ1v) is 25.2. The lowest BCUT2D eigenvalue weighted by Gasteiger charge is -2.38. The number of nitrogens with zero attached hydrogens (tertiary/aromatic N) is 9. The molecule has 3 atom stereocenters. The number of hydrogen-bond acceptors (Lipinski definition) is 13. The molecule has 6 aliphatic heterocycles. The Bertz CT molecular complexity index is 2930. The van der Waals surface area contributed by atoms with E-state index in [-0.39, 0.29) is 41.9 Å². The lowest BCUT2D eigenvalue weighted by Crippen LogP contribution is -2.42. The van der Waals surface area contributed by atoms with Crippen molar-refractivity contribution in [2.75, 3.05) is 80.8 Å². The van der Waals surface area contributed by atoms with Gasteiger partial charge in [0.1, 0.15) is 18.0 Å². The molecule has 70 heavy (non-hydrogen) atoms. The minimum Gasteiger partial charge on any atom is -0.378 e. The number of ether oxygens (including phenoxy) is 3. The Morgan fingerprint density at radius 1 is 0.971 bits per heavy atom. The van der Waals surface area contributed by atoms with Crippen molar-refractivity contribution in [2.24, 2.45) is 13.0 Å². The number of aryl methyl sites for hydroxylation is 1. The molecule has 2 N–H and O–H groups in total. The standard InChI is InChI=1S/C52H59N11O7/c1-58-48-33(4-2-6-39(48)47(57-58)40-11-12-46(64)56-50(40)65)5-3-21-69-37-13-16-59(17-14-37)28-32-7-9-35(10-8-32)62-29-34-24-43(44(26-41(34)52(62)67)60-19-22-68-23-20-60)54-51(66)42-27-53-63-18-15-45(55-49(42)63)61-30-38-25-36(61)31-70-38/h2,4,6,15,18,24,26-27,32,35-38,40H,7-14,16-17,19-23,25,28-31H2,1H3,(H,54,66)(H,56,64,65)/t32?,35?,36-,38-,40?/m1/s1. The SMILES string of the molecule is Cn1nc(C2CCC(=O)NC2=O)c2cccc(C#CCOC3CCN(CC4CCC(N5Cc6cc(NC(=O)c7cnn8ccc(N9C[C@H]%10C[C@@H]9CO%10)nc78)c(N7CCOCC7)cc6C5=O)CC4)CC3)c21. The average molecular weight is 950 g/mol. The van der Waals surface area contributed by atoms with Gasteiger partial charge in [-0.05, 0) is 87.1 Å². The minimum atomic E-state index is -0.459. The summed E-state index contributed by atoms with van der Waals surface area (Å²) in [7, 11) is 1.86. The highest BCUT2D eigenvalue weighted by atomic mass is 16.5. The molecule has 12 rings (SSSR count). The van der Waals surface area contributed by atoms with Crippen LogP contribution in [0, 0.1) is 17.8 Å². The largest absolute Gasteiger partial charge is 0.378 e. The van der Waals surface area contributed by atoms with Gasteiger partial charge >= 0.3 is 0 Å². The zero-order valence-electron chi connectivity index (χ0n) is 39.6. The Labute approximate surface area is 405 Å². The maximum absolute atomic E-state index is 14.2. The third kappa shape index (κ3) is 8.56. The lowest BCUT2D eigenvalue weighted by molar-refractivity contribution is -0.134. The summed E-state index contributed by atoms with van der Waals surface area (Å²) in [4.78, 5) is 66.8. The molecule has 18 nitrogen and oxygen atoms in total. The first-order chi connectivity index (χ1) is 34.2. The molecule has 5 aromatic rings. The van der Waals surface area contributed by atoms with Crippen LogP contribution in [0.4, 0.5) is 17.2 Å². The van der Waals surface area contributed by atoms with E-state index < -0.39 is 5.92 Å². The second-order valence-electron chi connectivity index (χ2n) is 20.1. The number of hydrogen-bond donors (Lipinski definition) is 2. The van der Waals surface area contributed by atoms with Gasteiger partial charge in [0, 0.05) is 82.5 Å². The number of likely N-dealkylation sites (tertiary alicyclic amines) is 1. The summed E-state index contributed by atoms with van der Waals surface area (Å²) >= 11 is 0. The van der Waals surface area contributed by atoms with Crippen molar-refractivity contribution >= 4 is 57.4 Å². The number of piperidine rings is 2. The van der Waals surface area contributed by atoms with Crippen molar-refractivity contribution < 1.29 is 33.4 Å². The average Bonchev–Trinajstić information content (AvgIpc) is 4.23. The smallest absolute Gasteiger partial charge is 0.261 e. The normalized spacial score (nSPS) is 25.2. The summed E-state index contributed by atoms with van der Waals surface area (Å²) in [6.07, 6.45) is 11.6. The number of morpholine rings is 2. The molecule has 1 unspecified atom stereocenters. The van der Waals surface area contributed by atoms with Crippen LogP contribution in [-0.2, 0) is 37.4 Å². The number of aromatic nitrogens is 5. The maximum atomic E-state index is 14.2. The number of benzene rings is 2. The second-order valence-corrected chi connectivity index (χ2v) is 20.1. The molecule has 2 bridgehead atoms. The molecule has 1 saturated carbocycles. The predicted octanol–water partition coefficient (Wildman–Crippen LogP) is 4.25. The molecule has 18 heteroatoms. The molecule has 4 amide bonds. The van der Waals surface area contributed by atoms with Crippen molar-refractivity contribution in [3.63, 3.8) is 0 Å². The molecule has 3 aromatic heterocycles. The summed E-state index contributed by atoms with van der Waals surface area (Å²) in [5.41, 5.74) is 6.45. The molecule has 1 aliphatic carbocycles. The van der Waals surface area contributed by atoms with Crippen LogP contribution in [0.15, 0.2) is 48.8 Å². The Hall–Kier alpha value is -6.39. The van der Waals surface area contributed by atoms with Crippen molar-refractivity contribution in [2.45, 2.75) is 94.5 Å². The number of carbonyl (C=O) groups is 4. The van der Waals surface area contributed by atoms with Gasteiger partial charge in [-0.25, -0.2) is 9.50 Å². The fourth-order valence-electron chi connectivity index (χ4n) is 12.1. The van der Waals surface area contributed by atoms with Gasteiger partial charge in [-0.3, -0.25) is 29.2 Å². The Morgan fingerprint density at radius 3 is 2.60 bits per heavy atom. The molecular formula is C52H59N11O7. The Morgan fingerprint density at radius 2 is 1.81 bits per heavy atom. The van der Waals surface area contributed by atoms with Crippen LogP contribution in [0.2, 0.25) is 0 Å². The van der Waals surface area contributed by atoms with Gasteiger partial charge in [0.25, 0.3) is 11.8 Å². The van der Waals surface area contributed by atoms with Gasteiger partial charge in [0.15, 0.2) is 5.65 Å². The van der Waals surface area contributed by atoms with Crippen LogP contribution in [0.3, 0.4) is 0 Å². The third-order valence-electron chi connectivity index (χ3n) is 15.8. The van der Waals surface area contributed by atoms with E-state index in [9.17, 15) is 19.2 Å². The monoisotopic (exact) mass is 949 g/mol. The van der Waals surface area contributed by atoms with Crippen molar-refractivity contribution in [3.8, 4) is 11.8 Å². The van der Waals surface area contributed by atoms with Crippen LogP contribution in [0.5, 0.6) is 0 Å². The van der Waals surface area contributed by atoms with Crippen LogP contribution in [0.25, 0.3) is 16.6 Å². The van der Waals surface area contributed by atoms with Gasteiger partial charge in [-0.15, -0.1) is 0 Å². The molecular weight excluding hydrogens is 891 g/mol. The third-order valence-corrected chi connectivity index (χ3v) is 15.8. The Balaban J connectivity index is 0.640. The molecule has 9 heterocycles. The highest BCUT2D eigenvalue weighted by Gasteiger charge is 2.41. The molecule has 0 spiro atoms. The van der Waals surface area contributed by atoms with Crippen LogP contribution in [-0.4, -0.2) is 148 Å². The van der Waals surface area contributed by atoms with E-state index in [2.05, 4.69) is 52.3 Å². The van der Waals surface area contributed by atoms with Crippen molar-refractivity contribution in [1.82, 2.24) is 39.5 Å². The van der Waals surface area contributed by atoms with E-state index in [1.54, 1.807) is 15.4 Å². The number of carbonyl (C=O) groups excluding carboxylic acids is 4. The number of nitrogens with one attached hydrogen (secondary N) is 2. The van der Waals surface area contributed by atoms with Crippen LogP contribution >= 0.6 is 0 Å². The number of rotatable bonds is 10. The fraction of sp³-hybridized carbons (Fsp3) is 0.519. The number of anilines is 3. The summed E-state index contributed by atoms with van der Waals surface area (Å²) in [6.45, 7) is 7.87. The molecule has 5 saturated heterocycles. The first-order valence-electron chi connectivity index (χ1n) is 25.2. The van der Waals surface area contributed by atoms with Crippen molar-refractivity contribution in [1.29, 1.82) is 0 Å². The van der Waals surface area contributed by atoms with Gasteiger partial charge in [0.05, 0.1) is 78.3 Å². The number of para-hydroxylation sites is 1. The summed E-state index contributed by atoms with van der Waals surface area (Å²) in [5.74, 6) is 6.72. The zero-order chi connectivity index (χ0) is 47.5. The number of imide groups is 1. The minimum absolute atomic E-state index is 0.0749. The molecule has 7 aliphatic rings. The molecule has 6 fully saturated rings. The van der Waals surface area contributed by atoms with E-state index >= 15 is 0 Å². The van der Waals surface area contributed by atoms with E-state index in [0.29, 0.717) is 93.5 Å². The molecule has 2 aromatic carbocycles. The van der Waals surface area contributed by atoms with Gasteiger partial charge in [-0.2, -0.15) is 10.2 Å². The van der Waals surface area contributed by atoms with E-state index in [0.717, 1.165) is 110 Å². The maximum Gasteiger partial charge on any atom is 0.261 e. The predicted molar refractivity (Wildman–Crippen MR) is 260 cm³/mol. The van der Waals surface area contributed by atoms with Gasteiger partial charge in [-0.1, -0.05) is 24.0 Å². The highest BCUT2D eigenvalue weighted by Crippen LogP contribution is 2.40. The van der Waals surface area contributed by atoms with Gasteiger partial charge < -0.3 is 39.1 Å². The number of fused-ring (bicyclic) bond motifs is 5. The summed E-state index contributed by atoms with van der Waals surface area (Å²) < 4.78 is 21.2. The number of amides is 4. The lowest BCUT2D eigenvalue weighted by atomic mass is 9.84. The van der Waals surface area contributed by atoms with Crippen molar-refractivity contribution in [3.05, 3.63) is 76.7 Å². The summed E-state index contributed by atoms with van der Waals surface area (Å²) in [5, 5.41) is 15.7. The van der Waals surface area contributed by atoms with E-state index in [4.69, 9.17) is 19.2 Å². The quantitative estimate of drug-likeness (QED) is 0.150.